The van der Waals surface area contributed by atoms with Crippen LogP contribution in [0, 0.1) is 18.8 Å². The molecular formula is C27H28N4O3. The van der Waals surface area contributed by atoms with Gasteiger partial charge < -0.3 is 10.3 Å². The number of benzene rings is 2. The van der Waals surface area contributed by atoms with Gasteiger partial charge in [-0.3, -0.25) is 24.6 Å². The Bertz CT molecular complexity index is 1360. The lowest BCUT2D eigenvalue weighted by Gasteiger charge is -2.31. The predicted molar refractivity (Wildman–Crippen MR) is 129 cm³/mol. The van der Waals surface area contributed by atoms with Gasteiger partial charge in [0.05, 0.1) is 11.8 Å². The summed E-state index contributed by atoms with van der Waals surface area (Å²) >= 11 is 0. The number of aromatic amines is 1. The van der Waals surface area contributed by atoms with E-state index in [2.05, 4.69) is 21.7 Å². The van der Waals surface area contributed by atoms with Gasteiger partial charge in [-0.05, 0) is 43.9 Å². The summed E-state index contributed by atoms with van der Waals surface area (Å²) < 4.78 is 0. The molecule has 0 radical (unpaired) electrons. The topological polar surface area (TPSA) is 94.3 Å². The van der Waals surface area contributed by atoms with Crippen LogP contribution in [0.2, 0.25) is 0 Å². The first-order valence-electron chi connectivity index (χ1n) is 12.0. The molecule has 5 atom stereocenters. The van der Waals surface area contributed by atoms with Gasteiger partial charge in [-0.15, -0.1) is 0 Å². The smallest absolute Gasteiger partial charge is 0.250 e. The summed E-state index contributed by atoms with van der Waals surface area (Å²) in [6, 6.07) is 13.2. The van der Waals surface area contributed by atoms with Gasteiger partial charge in [-0.25, -0.2) is 0 Å². The van der Waals surface area contributed by atoms with Crippen LogP contribution in [0.1, 0.15) is 37.0 Å². The van der Waals surface area contributed by atoms with E-state index >= 15 is 0 Å². The molecule has 0 saturated carbocycles. The minimum absolute atomic E-state index is 0.174. The Kier molecular flexibility index (Phi) is 4.51. The van der Waals surface area contributed by atoms with E-state index in [0.29, 0.717) is 12.8 Å². The van der Waals surface area contributed by atoms with Crippen LogP contribution >= 0.6 is 0 Å². The van der Waals surface area contributed by atoms with E-state index in [1.807, 2.05) is 63.4 Å². The van der Waals surface area contributed by atoms with Crippen molar-refractivity contribution in [1.82, 2.24) is 15.2 Å². The fraction of sp³-hybridized carbons (Fsp3) is 0.370. The molecule has 2 aromatic carbocycles. The van der Waals surface area contributed by atoms with Crippen LogP contribution in [0.5, 0.6) is 0 Å². The summed E-state index contributed by atoms with van der Waals surface area (Å²) in [5.74, 6) is -2.05. The zero-order chi connectivity index (χ0) is 23.8. The molecule has 0 unspecified atom stereocenters. The van der Waals surface area contributed by atoms with Crippen molar-refractivity contribution in [2.75, 3.05) is 5.32 Å². The van der Waals surface area contributed by atoms with Crippen molar-refractivity contribution in [1.29, 1.82) is 0 Å². The van der Waals surface area contributed by atoms with Crippen molar-refractivity contribution in [2.45, 2.75) is 51.2 Å². The minimum Gasteiger partial charge on any atom is -0.361 e. The van der Waals surface area contributed by atoms with Gasteiger partial charge in [0.1, 0.15) is 5.54 Å². The van der Waals surface area contributed by atoms with Gasteiger partial charge >= 0.3 is 0 Å². The Morgan fingerprint density at radius 3 is 2.65 bits per heavy atom. The molecule has 3 aromatic rings. The van der Waals surface area contributed by atoms with Crippen molar-refractivity contribution in [3.63, 3.8) is 0 Å². The molecule has 34 heavy (non-hydrogen) atoms. The molecule has 6 rings (SSSR count). The molecule has 7 nitrogen and oxygen atoms in total. The van der Waals surface area contributed by atoms with Crippen molar-refractivity contribution in [3.8, 4) is 0 Å². The molecule has 174 valence electrons. The zero-order valence-corrected chi connectivity index (χ0v) is 19.5. The van der Waals surface area contributed by atoms with E-state index in [4.69, 9.17) is 0 Å². The van der Waals surface area contributed by atoms with Gasteiger partial charge in [0.15, 0.2) is 0 Å². The lowest BCUT2D eigenvalue weighted by atomic mass is 9.76. The molecule has 3 N–H and O–H groups in total. The largest absolute Gasteiger partial charge is 0.361 e. The number of likely N-dealkylation sites (tertiary alicyclic amines) is 1. The molecule has 0 aliphatic carbocycles. The SMILES string of the molecule is CC[C@H](C)N1C(=O)[C@@H]2[C@H](Cc3c[nH]c4ccccc34)N[C@@]3(C(=O)Nc4c(C)cccc43)[C@@H]2C1=O. The second kappa shape index (κ2) is 7.27. The number of para-hydroxylation sites is 2. The first-order chi connectivity index (χ1) is 16.4. The lowest BCUT2D eigenvalue weighted by Crippen LogP contribution is -2.54. The number of aryl methyl sites for hydroxylation is 1. The number of carbonyl (C=O) groups is 3. The molecule has 2 fully saturated rings. The molecular weight excluding hydrogens is 428 g/mol. The Hall–Kier alpha value is -3.45. The number of imide groups is 1. The molecule has 1 aromatic heterocycles. The Balaban J connectivity index is 1.50. The maximum absolute atomic E-state index is 13.8. The maximum Gasteiger partial charge on any atom is 0.250 e. The number of amides is 3. The van der Waals surface area contributed by atoms with Crippen molar-refractivity contribution >= 4 is 34.3 Å². The van der Waals surface area contributed by atoms with Crippen LogP contribution in [0.15, 0.2) is 48.7 Å². The molecule has 0 bridgehead atoms. The highest BCUT2D eigenvalue weighted by atomic mass is 16.2. The highest BCUT2D eigenvalue weighted by Gasteiger charge is 2.70. The second-order valence-electron chi connectivity index (χ2n) is 9.88. The number of anilines is 1. The normalized spacial score (nSPS) is 28.6. The van der Waals surface area contributed by atoms with E-state index in [-0.39, 0.29) is 29.8 Å². The van der Waals surface area contributed by atoms with Crippen LogP contribution in [-0.4, -0.2) is 39.7 Å². The maximum atomic E-state index is 13.8. The summed E-state index contributed by atoms with van der Waals surface area (Å²) in [6.45, 7) is 5.82. The number of hydrogen-bond donors (Lipinski definition) is 3. The highest BCUT2D eigenvalue weighted by Crippen LogP contribution is 2.54. The number of aromatic nitrogens is 1. The van der Waals surface area contributed by atoms with Crippen LogP contribution in [0.4, 0.5) is 5.69 Å². The van der Waals surface area contributed by atoms with Gasteiger partial charge in [0.2, 0.25) is 17.7 Å². The van der Waals surface area contributed by atoms with E-state index in [0.717, 1.165) is 33.3 Å². The van der Waals surface area contributed by atoms with Gasteiger partial charge in [-0.2, -0.15) is 0 Å². The molecule has 3 amide bonds. The number of H-pyrrole nitrogens is 1. The summed E-state index contributed by atoms with van der Waals surface area (Å²) in [5, 5.41) is 7.66. The Labute approximate surface area is 197 Å². The minimum atomic E-state index is -1.25. The lowest BCUT2D eigenvalue weighted by molar-refractivity contribution is -0.145. The number of hydrogen-bond acceptors (Lipinski definition) is 4. The number of rotatable bonds is 4. The van der Waals surface area contributed by atoms with E-state index in [1.165, 1.54) is 4.90 Å². The van der Waals surface area contributed by atoms with E-state index in [1.54, 1.807) is 0 Å². The number of nitrogens with zero attached hydrogens (tertiary/aromatic N) is 1. The number of nitrogens with one attached hydrogen (secondary N) is 3. The third-order valence-electron chi connectivity index (χ3n) is 8.14. The van der Waals surface area contributed by atoms with Crippen molar-refractivity contribution in [3.05, 3.63) is 65.4 Å². The standard InChI is InChI=1S/C27H28N4O3/c1-4-15(3)31-24(32)21-20(12-16-13-28-19-11-6-5-9-17(16)19)30-27(22(21)25(31)33)18-10-7-8-14(2)23(18)29-26(27)34/h5-11,13,15,20-22,28,30H,4,12H2,1-3H3,(H,29,34)/t15-,20-,21+,22-,27+/m0/s1. The summed E-state index contributed by atoms with van der Waals surface area (Å²) in [5.41, 5.74) is 3.29. The monoisotopic (exact) mass is 456 g/mol. The molecule has 7 heteroatoms. The van der Waals surface area contributed by atoms with Gasteiger partial charge in [0, 0.05) is 40.4 Å². The highest BCUT2D eigenvalue weighted by molar-refractivity contribution is 6.15. The fourth-order valence-electron chi connectivity index (χ4n) is 6.33. The quantitative estimate of drug-likeness (QED) is 0.526. The predicted octanol–water partition coefficient (Wildman–Crippen LogP) is 3.24. The first kappa shape index (κ1) is 21.1. The second-order valence-corrected chi connectivity index (χ2v) is 9.88. The molecule has 2 saturated heterocycles. The third-order valence-corrected chi connectivity index (χ3v) is 8.14. The Morgan fingerprint density at radius 2 is 1.85 bits per heavy atom. The first-order valence-corrected chi connectivity index (χ1v) is 12.0. The third kappa shape index (κ3) is 2.59. The van der Waals surface area contributed by atoms with Gasteiger partial charge in [0.25, 0.3) is 0 Å². The summed E-state index contributed by atoms with van der Waals surface area (Å²) in [6.07, 6.45) is 3.17. The zero-order valence-electron chi connectivity index (χ0n) is 19.5. The van der Waals surface area contributed by atoms with Gasteiger partial charge in [-0.1, -0.05) is 43.3 Å². The van der Waals surface area contributed by atoms with Crippen LogP contribution in [-0.2, 0) is 26.3 Å². The Morgan fingerprint density at radius 1 is 1.06 bits per heavy atom. The molecule has 3 aliphatic heterocycles. The van der Waals surface area contributed by atoms with Crippen LogP contribution < -0.4 is 10.6 Å². The molecule has 3 aliphatic rings. The number of fused-ring (bicyclic) bond motifs is 5. The van der Waals surface area contributed by atoms with Crippen LogP contribution in [0.25, 0.3) is 10.9 Å². The van der Waals surface area contributed by atoms with Crippen molar-refractivity contribution in [2.24, 2.45) is 11.8 Å². The van der Waals surface area contributed by atoms with Crippen LogP contribution in [0.3, 0.4) is 0 Å². The summed E-state index contributed by atoms with van der Waals surface area (Å²) in [4.78, 5) is 46.0. The number of carbonyl (C=O) groups excluding carboxylic acids is 3. The fourth-order valence-corrected chi connectivity index (χ4v) is 6.33. The van der Waals surface area contributed by atoms with E-state index < -0.39 is 17.4 Å². The summed E-state index contributed by atoms with van der Waals surface area (Å²) in [7, 11) is 0. The van der Waals surface area contributed by atoms with E-state index in [9.17, 15) is 14.4 Å². The molecule has 4 heterocycles. The average molecular weight is 457 g/mol. The average Bonchev–Trinajstić information content (AvgIpc) is 3.54. The molecule has 1 spiro atoms. The van der Waals surface area contributed by atoms with Crippen molar-refractivity contribution < 1.29 is 14.4 Å².